The highest BCUT2D eigenvalue weighted by Crippen LogP contribution is 2.20. The molecule has 0 aliphatic rings. The molecule has 1 aromatic carbocycles. The predicted molar refractivity (Wildman–Crippen MR) is 129 cm³/mol. The topological polar surface area (TPSA) is 83.2 Å². The fraction of sp³-hybridized carbons (Fsp3) is 0.462. The number of unbranched alkanes of at least 4 members (excludes halogenated alkanes) is 1. The maximum Gasteiger partial charge on any atom is 0.306 e. The van der Waals surface area contributed by atoms with E-state index in [-0.39, 0.29) is 36.8 Å². The first-order chi connectivity index (χ1) is 15.7. The van der Waals surface area contributed by atoms with Crippen LogP contribution in [0, 0.1) is 13.8 Å². The van der Waals surface area contributed by atoms with Gasteiger partial charge in [0.05, 0.1) is 17.5 Å². The van der Waals surface area contributed by atoms with E-state index in [1.807, 2.05) is 44.2 Å². The summed E-state index contributed by atoms with van der Waals surface area (Å²) in [5, 5.41) is 0. The van der Waals surface area contributed by atoms with Gasteiger partial charge in [-0.2, -0.15) is 0 Å². The molecule has 0 N–H and O–H groups in total. The molecular weight excluding hydrogens is 418 g/mol. The van der Waals surface area contributed by atoms with Crippen LogP contribution in [-0.4, -0.2) is 32.5 Å². The first-order valence-corrected chi connectivity index (χ1v) is 11.6. The van der Waals surface area contributed by atoms with Gasteiger partial charge in [0.1, 0.15) is 5.69 Å². The summed E-state index contributed by atoms with van der Waals surface area (Å²) >= 11 is 0. The van der Waals surface area contributed by atoms with E-state index in [0.717, 1.165) is 35.3 Å². The second-order valence-corrected chi connectivity index (χ2v) is 8.69. The summed E-state index contributed by atoms with van der Waals surface area (Å²) in [6, 6.07) is 9.60. The van der Waals surface area contributed by atoms with Gasteiger partial charge in [-0.3, -0.25) is 14.4 Å². The quantitative estimate of drug-likeness (QED) is 0.333. The average molecular weight is 452 g/mol. The molecular formula is C26H33N3O4. The van der Waals surface area contributed by atoms with Crippen LogP contribution < -0.4 is 5.56 Å². The van der Waals surface area contributed by atoms with Crippen LogP contribution in [0.25, 0.3) is 11.0 Å². The number of ketones is 1. The number of benzene rings is 1. The number of rotatable bonds is 10. The lowest BCUT2D eigenvalue weighted by molar-refractivity contribution is -0.142. The van der Waals surface area contributed by atoms with Crippen molar-refractivity contribution in [2.75, 3.05) is 6.61 Å². The lowest BCUT2D eigenvalue weighted by Crippen LogP contribution is -2.26. The standard InChI is InChI=1S/C26H33N3O4/c1-6-7-14-28-23-11-9-8-10-21(23)27-22(26(28)32)12-13-25(31)33-16-24(30)20-15-18(4)29(17(2)3)19(20)5/h8-11,15,17H,6-7,12-14,16H2,1-5H3. The van der Waals surface area contributed by atoms with Gasteiger partial charge in [-0.1, -0.05) is 25.5 Å². The molecule has 2 heterocycles. The smallest absolute Gasteiger partial charge is 0.306 e. The van der Waals surface area contributed by atoms with E-state index in [2.05, 4.69) is 30.3 Å². The molecule has 3 aromatic rings. The molecule has 0 spiro atoms. The van der Waals surface area contributed by atoms with E-state index in [1.54, 1.807) is 4.57 Å². The summed E-state index contributed by atoms with van der Waals surface area (Å²) in [6.45, 7) is 10.4. The minimum Gasteiger partial charge on any atom is -0.457 e. The van der Waals surface area contributed by atoms with Crippen LogP contribution in [-0.2, 0) is 22.5 Å². The third kappa shape index (κ3) is 5.41. The highest BCUT2D eigenvalue weighted by Gasteiger charge is 2.19. The van der Waals surface area contributed by atoms with Crippen molar-refractivity contribution in [2.45, 2.75) is 72.9 Å². The van der Waals surface area contributed by atoms with E-state index in [0.29, 0.717) is 17.8 Å². The number of carbonyl (C=O) groups is 2. The lowest BCUT2D eigenvalue weighted by Gasteiger charge is -2.13. The Balaban J connectivity index is 1.67. The Morgan fingerprint density at radius 1 is 1.15 bits per heavy atom. The summed E-state index contributed by atoms with van der Waals surface area (Å²) in [5.74, 6) is -0.746. The number of hydrogen-bond donors (Lipinski definition) is 0. The van der Waals surface area contributed by atoms with Crippen molar-refractivity contribution >= 4 is 22.8 Å². The van der Waals surface area contributed by atoms with Crippen LogP contribution >= 0.6 is 0 Å². The number of Topliss-reactive ketones (excluding diaryl/α,β-unsaturated/α-hetero) is 1. The van der Waals surface area contributed by atoms with Crippen LogP contribution in [0.1, 0.15) is 73.5 Å². The molecule has 0 saturated heterocycles. The molecule has 0 unspecified atom stereocenters. The minimum absolute atomic E-state index is 0.00729. The molecule has 0 radical (unpaired) electrons. The van der Waals surface area contributed by atoms with Crippen LogP contribution in [0.3, 0.4) is 0 Å². The summed E-state index contributed by atoms with van der Waals surface area (Å²) in [5.41, 5.74) is 4.14. The first-order valence-electron chi connectivity index (χ1n) is 11.6. The molecule has 176 valence electrons. The number of aromatic nitrogens is 3. The molecule has 33 heavy (non-hydrogen) atoms. The van der Waals surface area contributed by atoms with Crippen LogP contribution in [0.2, 0.25) is 0 Å². The zero-order valence-electron chi connectivity index (χ0n) is 20.2. The van der Waals surface area contributed by atoms with E-state index in [4.69, 9.17) is 4.74 Å². The number of esters is 1. The summed E-state index contributed by atoms with van der Waals surface area (Å²) < 4.78 is 9.06. The highest BCUT2D eigenvalue weighted by atomic mass is 16.5. The van der Waals surface area contributed by atoms with Gasteiger partial charge in [0.15, 0.2) is 6.61 Å². The van der Waals surface area contributed by atoms with Gasteiger partial charge in [-0.15, -0.1) is 0 Å². The Morgan fingerprint density at radius 3 is 2.55 bits per heavy atom. The average Bonchev–Trinajstić information content (AvgIpc) is 3.09. The zero-order chi connectivity index (χ0) is 24.1. The first kappa shape index (κ1) is 24.4. The minimum atomic E-state index is -0.518. The molecule has 0 fully saturated rings. The molecule has 3 rings (SSSR count). The zero-order valence-corrected chi connectivity index (χ0v) is 20.2. The number of nitrogens with zero attached hydrogens (tertiary/aromatic N) is 3. The van der Waals surface area contributed by atoms with Gasteiger partial charge in [-0.05, 0) is 52.3 Å². The molecule has 0 aliphatic heterocycles. The van der Waals surface area contributed by atoms with Crippen molar-refractivity contribution < 1.29 is 14.3 Å². The maximum absolute atomic E-state index is 13.0. The van der Waals surface area contributed by atoms with Crippen molar-refractivity contribution in [1.82, 2.24) is 14.1 Å². The Morgan fingerprint density at radius 2 is 1.88 bits per heavy atom. The van der Waals surface area contributed by atoms with E-state index in [1.165, 1.54) is 0 Å². The van der Waals surface area contributed by atoms with Gasteiger partial charge in [0, 0.05) is 36.0 Å². The van der Waals surface area contributed by atoms with E-state index in [9.17, 15) is 14.4 Å². The van der Waals surface area contributed by atoms with Crippen molar-refractivity contribution in [3.8, 4) is 0 Å². The predicted octanol–water partition coefficient (Wildman–Crippen LogP) is 4.55. The Hall–Kier alpha value is -3.22. The number of aryl methyl sites for hydroxylation is 3. The van der Waals surface area contributed by atoms with Crippen LogP contribution in [0.15, 0.2) is 35.1 Å². The largest absolute Gasteiger partial charge is 0.457 e. The van der Waals surface area contributed by atoms with Gasteiger partial charge < -0.3 is 13.9 Å². The van der Waals surface area contributed by atoms with Gasteiger partial charge >= 0.3 is 5.97 Å². The second kappa shape index (κ2) is 10.6. The molecule has 0 saturated carbocycles. The maximum atomic E-state index is 13.0. The van der Waals surface area contributed by atoms with Crippen molar-refractivity contribution in [3.63, 3.8) is 0 Å². The number of fused-ring (bicyclic) bond motifs is 1. The third-order valence-electron chi connectivity index (χ3n) is 5.89. The highest BCUT2D eigenvalue weighted by molar-refractivity contribution is 5.99. The molecule has 0 aliphatic carbocycles. The molecule has 7 nitrogen and oxygen atoms in total. The Bertz CT molecular complexity index is 1220. The summed E-state index contributed by atoms with van der Waals surface area (Å²) in [4.78, 5) is 42.4. The van der Waals surface area contributed by atoms with Gasteiger partial charge in [-0.25, -0.2) is 4.98 Å². The van der Waals surface area contributed by atoms with E-state index < -0.39 is 5.97 Å². The van der Waals surface area contributed by atoms with Crippen molar-refractivity contribution in [1.29, 1.82) is 0 Å². The number of ether oxygens (including phenoxy) is 1. The van der Waals surface area contributed by atoms with Gasteiger partial charge in [0.25, 0.3) is 5.56 Å². The van der Waals surface area contributed by atoms with Crippen molar-refractivity contribution in [2.24, 2.45) is 0 Å². The Kier molecular flexibility index (Phi) is 7.84. The van der Waals surface area contributed by atoms with Gasteiger partial charge in [0.2, 0.25) is 5.78 Å². The van der Waals surface area contributed by atoms with E-state index >= 15 is 0 Å². The molecule has 0 bridgehead atoms. The molecule has 7 heteroatoms. The molecule has 2 aromatic heterocycles. The fourth-order valence-electron chi connectivity index (χ4n) is 4.32. The number of para-hydroxylation sites is 2. The second-order valence-electron chi connectivity index (χ2n) is 8.69. The SMILES string of the molecule is CCCCn1c(=O)c(CCC(=O)OCC(=O)c2cc(C)n(C(C)C)c2C)nc2ccccc21. The normalized spacial score (nSPS) is 11.3. The Labute approximate surface area is 194 Å². The summed E-state index contributed by atoms with van der Waals surface area (Å²) in [7, 11) is 0. The number of carbonyl (C=O) groups excluding carboxylic acids is 2. The fourth-order valence-corrected chi connectivity index (χ4v) is 4.32. The lowest BCUT2D eigenvalue weighted by atomic mass is 10.1. The monoisotopic (exact) mass is 451 g/mol. The van der Waals surface area contributed by atoms with Crippen molar-refractivity contribution in [3.05, 3.63) is 63.3 Å². The third-order valence-corrected chi connectivity index (χ3v) is 5.89. The molecule has 0 amide bonds. The molecule has 0 atom stereocenters. The van der Waals surface area contributed by atoms with Crippen LogP contribution in [0.5, 0.6) is 0 Å². The summed E-state index contributed by atoms with van der Waals surface area (Å²) in [6.07, 6.45) is 2.02. The number of hydrogen-bond acceptors (Lipinski definition) is 5. The van der Waals surface area contributed by atoms with Crippen LogP contribution in [0.4, 0.5) is 0 Å².